The highest BCUT2D eigenvalue weighted by Crippen LogP contribution is 2.46. The van der Waals surface area contributed by atoms with Crippen LogP contribution in [0.25, 0.3) is 17.5 Å². The molecule has 15 nitrogen and oxygen atoms in total. The maximum Gasteiger partial charge on any atom is 0.502 e. The monoisotopic (exact) mass is 813 g/mol. The molecule has 60 heavy (non-hydrogen) atoms. The fourth-order valence-corrected chi connectivity index (χ4v) is 7.37. The third-order valence-electron chi connectivity index (χ3n) is 11.3. The van der Waals surface area contributed by atoms with Gasteiger partial charge in [-0.25, -0.2) is 29.3 Å². The summed E-state index contributed by atoms with van der Waals surface area (Å²) in [4.78, 5) is 40.5. The molecule has 1 aliphatic heterocycles. The lowest BCUT2D eigenvalue weighted by molar-refractivity contribution is -0.719. The standard InChI is InChI=1S/C44H49BN8O7/c1-7-57-34(54)20-17-31-23-48-40(52-39(31)47-22-28-11-18-33(19-12-28)58-24-32-10-8-9-21-46-32)35-38(30-15-16-30)53(27-51-41(35)55-5)25-44(4)43(2,3)59-45(60-44)36-37(29-13-14-29)49-26-50-42(36)56-6/h8-12,17-21,23,26-27,29-30H,7,13-16,22,24-25H2,1-6H3/p+1. The number of esters is 1. The van der Waals surface area contributed by atoms with Crippen LogP contribution in [0.4, 0.5) is 5.82 Å². The number of methoxy groups -OCH3 is 2. The van der Waals surface area contributed by atoms with Crippen molar-refractivity contribution in [2.75, 3.05) is 26.1 Å². The van der Waals surface area contributed by atoms with Gasteiger partial charge in [-0.2, -0.15) is 0 Å². The summed E-state index contributed by atoms with van der Waals surface area (Å²) >= 11 is 0. The Kier molecular flexibility index (Phi) is 11.8. The maximum atomic E-state index is 12.4. The van der Waals surface area contributed by atoms with Gasteiger partial charge in [0.2, 0.25) is 5.88 Å². The molecule has 3 aliphatic rings. The van der Waals surface area contributed by atoms with Crippen molar-refractivity contribution in [2.24, 2.45) is 0 Å². The molecule has 5 aromatic rings. The van der Waals surface area contributed by atoms with E-state index in [0.717, 1.165) is 59.5 Å². The first-order valence-electron chi connectivity index (χ1n) is 20.4. The number of anilines is 1. The molecule has 0 bridgehead atoms. The van der Waals surface area contributed by atoms with Crippen LogP contribution < -0.4 is 29.6 Å². The van der Waals surface area contributed by atoms with Crippen LogP contribution in [-0.2, 0) is 38.5 Å². The Morgan fingerprint density at radius 1 is 0.950 bits per heavy atom. The minimum absolute atomic E-state index is 0.215. The summed E-state index contributed by atoms with van der Waals surface area (Å²) < 4.78 is 38.5. The molecule has 3 fully saturated rings. The largest absolute Gasteiger partial charge is 0.502 e. The van der Waals surface area contributed by atoms with E-state index in [1.807, 2.05) is 56.3 Å². The van der Waals surface area contributed by atoms with E-state index in [9.17, 15) is 4.79 Å². The Balaban J connectivity index is 1.10. The van der Waals surface area contributed by atoms with E-state index in [0.29, 0.717) is 60.1 Å². The van der Waals surface area contributed by atoms with Gasteiger partial charge in [-0.15, -0.1) is 0 Å². The third-order valence-corrected chi connectivity index (χ3v) is 11.3. The molecule has 4 aromatic heterocycles. The number of nitrogens with one attached hydrogen (secondary N) is 1. The van der Waals surface area contributed by atoms with Gasteiger partial charge < -0.3 is 33.6 Å². The highest BCUT2D eigenvalue weighted by molar-refractivity contribution is 6.63. The minimum Gasteiger partial charge on any atom is -0.487 e. The zero-order chi connectivity index (χ0) is 41.9. The van der Waals surface area contributed by atoms with E-state index in [1.165, 1.54) is 6.08 Å². The van der Waals surface area contributed by atoms with Crippen molar-refractivity contribution in [3.05, 3.63) is 102 Å². The van der Waals surface area contributed by atoms with Crippen molar-refractivity contribution in [1.82, 2.24) is 29.9 Å². The number of hydrogen-bond donors (Lipinski definition) is 1. The first-order chi connectivity index (χ1) is 29.1. The molecular formula is C44H50BN8O7+. The number of carbonyl (C=O) groups excluding carboxylic acids is 1. The summed E-state index contributed by atoms with van der Waals surface area (Å²) in [6.07, 6.45) is 13.9. The number of pyridine rings is 1. The molecule has 1 aromatic carbocycles. The molecule has 0 spiro atoms. The van der Waals surface area contributed by atoms with E-state index < -0.39 is 24.3 Å². The zero-order valence-electron chi connectivity index (χ0n) is 34.9. The molecule has 5 heterocycles. The molecular weight excluding hydrogens is 763 g/mol. The normalized spacial score (nSPS) is 18.4. The molecule has 2 saturated carbocycles. The Morgan fingerprint density at radius 2 is 1.73 bits per heavy atom. The molecule has 0 amide bonds. The second-order valence-electron chi connectivity index (χ2n) is 15.9. The first kappa shape index (κ1) is 40.8. The van der Waals surface area contributed by atoms with Crippen LogP contribution in [0.2, 0.25) is 0 Å². The molecule has 2 aliphatic carbocycles. The number of ether oxygens (including phenoxy) is 4. The summed E-state index contributed by atoms with van der Waals surface area (Å²) in [6.45, 7) is 9.40. The lowest BCUT2D eigenvalue weighted by atomic mass is 9.77. The molecule has 1 unspecified atom stereocenters. The van der Waals surface area contributed by atoms with Crippen molar-refractivity contribution in [3.8, 4) is 28.9 Å². The fourth-order valence-electron chi connectivity index (χ4n) is 7.37. The SMILES string of the molecule is CCOC(=O)/C=C/c1cnc(-c2c(OC)nc[n+](CC3(C)OB(c4c(OC)ncnc4C4CC4)OC3(C)C)c2C2CC2)nc1NCc1ccc(OCc2ccccn2)cc1. The number of carbonyl (C=O) groups is 1. The van der Waals surface area contributed by atoms with Gasteiger partial charge in [-0.3, -0.25) is 4.98 Å². The fraction of sp³-hybridized carbons (Fsp3) is 0.409. The maximum absolute atomic E-state index is 12.4. The molecule has 1 atom stereocenters. The number of benzene rings is 1. The predicted octanol–water partition coefficient (Wildman–Crippen LogP) is 5.53. The minimum atomic E-state index is -0.824. The Labute approximate surface area is 350 Å². The van der Waals surface area contributed by atoms with Gasteiger partial charge in [0.25, 0.3) is 6.33 Å². The highest BCUT2D eigenvalue weighted by atomic mass is 16.7. The topological polar surface area (TPSA) is 166 Å². The van der Waals surface area contributed by atoms with Crippen molar-refractivity contribution >= 4 is 30.4 Å². The van der Waals surface area contributed by atoms with E-state index in [-0.39, 0.29) is 12.5 Å². The van der Waals surface area contributed by atoms with Crippen molar-refractivity contribution in [2.45, 2.75) is 96.1 Å². The van der Waals surface area contributed by atoms with Gasteiger partial charge in [0.15, 0.2) is 11.4 Å². The molecule has 16 heteroatoms. The predicted molar refractivity (Wildman–Crippen MR) is 223 cm³/mol. The summed E-state index contributed by atoms with van der Waals surface area (Å²) in [7, 11) is 2.48. The number of rotatable bonds is 17. The number of nitrogens with zero attached hydrogens (tertiary/aromatic N) is 7. The average molecular weight is 814 g/mol. The highest BCUT2D eigenvalue weighted by Gasteiger charge is 2.58. The lowest BCUT2D eigenvalue weighted by Crippen LogP contribution is -2.57. The Morgan fingerprint density at radius 3 is 2.43 bits per heavy atom. The van der Waals surface area contributed by atoms with E-state index in [4.69, 9.17) is 43.2 Å². The van der Waals surface area contributed by atoms with Crippen LogP contribution in [0.15, 0.2) is 73.6 Å². The van der Waals surface area contributed by atoms with E-state index in [1.54, 1.807) is 52.3 Å². The Hall–Kier alpha value is -6.00. The lowest BCUT2D eigenvalue weighted by Gasteiger charge is -2.35. The van der Waals surface area contributed by atoms with Crippen LogP contribution in [0.5, 0.6) is 17.5 Å². The van der Waals surface area contributed by atoms with Crippen LogP contribution in [0.1, 0.15) is 93.4 Å². The van der Waals surface area contributed by atoms with Crippen LogP contribution in [-0.4, -0.2) is 75.0 Å². The number of aromatic nitrogens is 7. The van der Waals surface area contributed by atoms with Crippen LogP contribution in [0.3, 0.4) is 0 Å². The summed E-state index contributed by atoms with van der Waals surface area (Å²) in [5.41, 5.74) is 4.22. The van der Waals surface area contributed by atoms with Gasteiger partial charge in [0.1, 0.15) is 42.3 Å². The van der Waals surface area contributed by atoms with Gasteiger partial charge in [0.05, 0.1) is 43.3 Å². The van der Waals surface area contributed by atoms with Crippen LogP contribution in [0, 0.1) is 0 Å². The van der Waals surface area contributed by atoms with E-state index >= 15 is 0 Å². The first-order valence-corrected chi connectivity index (χ1v) is 20.4. The molecule has 1 saturated heterocycles. The van der Waals surface area contributed by atoms with Gasteiger partial charge >= 0.3 is 19.0 Å². The van der Waals surface area contributed by atoms with Gasteiger partial charge in [-0.1, -0.05) is 18.2 Å². The second kappa shape index (κ2) is 17.3. The average Bonchev–Trinajstić information content (AvgIpc) is 4.20. The van der Waals surface area contributed by atoms with Crippen LogP contribution >= 0.6 is 0 Å². The third kappa shape index (κ3) is 8.80. The summed E-state index contributed by atoms with van der Waals surface area (Å²) in [5.74, 6) is 2.63. The quantitative estimate of drug-likeness (QED) is 0.0539. The smallest absolute Gasteiger partial charge is 0.487 e. The molecule has 310 valence electrons. The van der Waals surface area contributed by atoms with Crippen molar-refractivity contribution in [3.63, 3.8) is 0 Å². The summed E-state index contributed by atoms with van der Waals surface area (Å²) in [6, 6.07) is 13.6. The molecule has 1 N–H and O–H groups in total. The Bertz CT molecular complexity index is 2360. The second-order valence-corrected chi connectivity index (χ2v) is 15.9. The molecule has 8 rings (SSSR count). The van der Waals surface area contributed by atoms with Crippen molar-refractivity contribution < 1.29 is 37.6 Å². The zero-order valence-corrected chi connectivity index (χ0v) is 34.9. The van der Waals surface area contributed by atoms with Gasteiger partial charge in [0, 0.05) is 42.4 Å². The molecule has 0 radical (unpaired) electrons. The summed E-state index contributed by atoms with van der Waals surface area (Å²) in [5, 5.41) is 3.48. The van der Waals surface area contributed by atoms with Crippen molar-refractivity contribution in [1.29, 1.82) is 0 Å². The van der Waals surface area contributed by atoms with Gasteiger partial charge in [-0.05, 0) is 94.3 Å². The van der Waals surface area contributed by atoms with E-state index in [2.05, 4.69) is 31.8 Å². The number of hydrogen-bond acceptors (Lipinski definition) is 14.